The van der Waals surface area contributed by atoms with Gasteiger partial charge in [-0.15, -0.1) is 0 Å². The number of carbonyl (C=O) groups is 5. The third-order valence-electron chi connectivity index (χ3n) is 11.0. The van der Waals surface area contributed by atoms with Crippen molar-refractivity contribution in [2.24, 2.45) is 29.4 Å². The van der Waals surface area contributed by atoms with Crippen LogP contribution in [-0.4, -0.2) is 128 Å². The first kappa shape index (κ1) is 58.8. The first-order valence-electron chi connectivity index (χ1n) is 21.1. The summed E-state index contributed by atoms with van der Waals surface area (Å²) in [5.74, 6) is 1.51. The Hall–Kier alpha value is -3.55. The van der Waals surface area contributed by atoms with Crippen molar-refractivity contribution in [1.29, 1.82) is 0 Å². The molecule has 1 fully saturated rings. The van der Waals surface area contributed by atoms with E-state index < -0.39 is 0 Å². The Morgan fingerprint density at radius 3 is 1.84 bits per heavy atom. The minimum Gasteiger partial charge on any atom is -0.483 e. The van der Waals surface area contributed by atoms with Crippen molar-refractivity contribution >= 4 is 31.1 Å². The number of benzene rings is 1. The van der Waals surface area contributed by atoms with Gasteiger partial charge in [-0.1, -0.05) is 92.1 Å². The lowest BCUT2D eigenvalue weighted by atomic mass is 9.91. The molecule has 4 amide bonds. The average molecular weight is 824 g/mol. The fourth-order valence-corrected chi connectivity index (χ4v) is 6.92. The van der Waals surface area contributed by atoms with E-state index in [9.17, 15) is 14.4 Å². The third-order valence-corrected chi connectivity index (χ3v) is 11.0. The smallest absolute Gasteiger partial charge is 0.290 e. The van der Waals surface area contributed by atoms with Crippen LogP contribution in [0.25, 0.3) is 0 Å². The number of likely N-dealkylation sites (tertiary alicyclic amines) is 1. The van der Waals surface area contributed by atoms with Crippen molar-refractivity contribution in [3.63, 3.8) is 0 Å². The van der Waals surface area contributed by atoms with Gasteiger partial charge >= 0.3 is 0 Å². The van der Waals surface area contributed by atoms with E-state index in [0.29, 0.717) is 30.3 Å². The summed E-state index contributed by atoms with van der Waals surface area (Å²) < 4.78 is 11.2. The van der Waals surface area contributed by atoms with Gasteiger partial charge in [0.2, 0.25) is 24.6 Å². The molecule has 1 aliphatic rings. The molecule has 0 radical (unpaired) electrons. The van der Waals surface area contributed by atoms with Gasteiger partial charge in [-0.2, -0.15) is 0 Å². The lowest BCUT2D eigenvalue weighted by Gasteiger charge is -2.37. The molecule has 13 heteroatoms. The predicted molar refractivity (Wildman–Crippen MR) is 236 cm³/mol. The van der Waals surface area contributed by atoms with E-state index in [1.807, 2.05) is 44.0 Å². The maximum Gasteiger partial charge on any atom is 0.290 e. The number of amides is 4. The monoisotopic (exact) mass is 824 g/mol. The number of rotatable bonds is 19. The van der Waals surface area contributed by atoms with E-state index >= 15 is 0 Å². The van der Waals surface area contributed by atoms with Gasteiger partial charge < -0.3 is 40.3 Å². The first-order chi connectivity index (χ1) is 27.2. The molecule has 13 nitrogen and oxygen atoms in total. The molecule has 58 heavy (non-hydrogen) atoms. The number of carbonyl (C=O) groups excluding carboxylic acids is 4. The minimum atomic E-state index is -0.307. The van der Waals surface area contributed by atoms with Crippen molar-refractivity contribution in [1.82, 2.24) is 20.0 Å². The van der Waals surface area contributed by atoms with Crippen LogP contribution in [0.4, 0.5) is 0 Å². The molecular weight excluding hydrogens is 739 g/mol. The lowest BCUT2D eigenvalue weighted by molar-refractivity contribution is -0.137. The molecule has 1 saturated heterocycles. The summed E-state index contributed by atoms with van der Waals surface area (Å²) in [6, 6.07) is 11.7. The van der Waals surface area contributed by atoms with E-state index in [4.69, 9.17) is 24.2 Å². The van der Waals surface area contributed by atoms with Gasteiger partial charge in [0.25, 0.3) is 6.47 Å². The molecule has 8 atom stereocenters. The maximum absolute atomic E-state index is 12.6. The molecule has 0 aromatic heterocycles. The Labute approximate surface area is 353 Å². The van der Waals surface area contributed by atoms with Crippen LogP contribution in [0.1, 0.15) is 121 Å². The van der Waals surface area contributed by atoms with Crippen molar-refractivity contribution in [2.45, 2.75) is 164 Å². The van der Waals surface area contributed by atoms with Crippen LogP contribution in [0.2, 0.25) is 0 Å². The van der Waals surface area contributed by atoms with E-state index in [-0.39, 0.29) is 60.9 Å². The summed E-state index contributed by atoms with van der Waals surface area (Å²) >= 11 is 0. The average Bonchev–Trinajstić information content (AvgIpc) is 3.65. The highest BCUT2D eigenvalue weighted by molar-refractivity contribution is 5.79. The normalized spacial score (nSPS) is 16.9. The van der Waals surface area contributed by atoms with Gasteiger partial charge in [0.05, 0.1) is 30.2 Å². The molecule has 0 aliphatic carbocycles. The zero-order valence-corrected chi connectivity index (χ0v) is 39.1. The van der Waals surface area contributed by atoms with Crippen LogP contribution in [0.15, 0.2) is 30.3 Å². The SMILES string of the molecule is CC(C)C(C)N(C)C(C)C.CCC(C)C(C(CC)OC)N(C)C(=O)CC(C)C.COC(C(C)C(=O)NC(C)Cc1ccccc1)C1CCCN1C=O.NC=O.O=CO. The zero-order valence-electron chi connectivity index (χ0n) is 39.1. The topological polar surface area (TPSA) is 172 Å². The molecule has 2 rings (SSSR count). The van der Waals surface area contributed by atoms with Crippen LogP contribution >= 0.6 is 0 Å². The summed E-state index contributed by atoms with van der Waals surface area (Å²) in [5.41, 5.74) is 5.36. The molecule has 4 N–H and O–H groups in total. The number of primary amides is 1. The number of carboxylic acid groups (broad SMARTS) is 1. The molecule has 1 heterocycles. The molecule has 0 saturated carbocycles. The maximum atomic E-state index is 12.6. The largest absolute Gasteiger partial charge is 0.483 e. The van der Waals surface area contributed by atoms with E-state index in [1.54, 1.807) is 19.1 Å². The summed E-state index contributed by atoms with van der Waals surface area (Å²) in [5, 5.41) is 9.96. The number of ether oxygens (including phenoxy) is 2. The van der Waals surface area contributed by atoms with E-state index in [1.165, 1.54) is 5.56 Å². The minimum absolute atomic E-state index is 0.0160. The highest BCUT2D eigenvalue weighted by Gasteiger charge is 2.37. The molecule has 0 spiro atoms. The number of likely N-dealkylation sites (N-methyl/N-ethyl adjacent to an activating group) is 1. The number of nitrogens with zero attached hydrogens (tertiary/aromatic N) is 3. The number of hydrogen-bond acceptors (Lipinski definition) is 8. The van der Waals surface area contributed by atoms with Crippen LogP contribution in [0.3, 0.4) is 0 Å². The Bertz CT molecular complexity index is 1180. The summed E-state index contributed by atoms with van der Waals surface area (Å²) in [6.45, 7) is 26.3. The second kappa shape index (κ2) is 34.3. The third kappa shape index (κ3) is 23.8. The Balaban J connectivity index is -0.000000781. The van der Waals surface area contributed by atoms with E-state index in [0.717, 1.165) is 51.0 Å². The highest BCUT2D eigenvalue weighted by Crippen LogP contribution is 2.25. The molecular formula is C45H85N5O8. The fraction of sp³-hybridized carbons (Fsp3) is 0.756. The van der Waals surface area contributed by atoms with Gasteiger partial charge in [-0.05, 0) is 83.7 Å². The van der Waals surface area contributed by atoms with Crippen LogP contribution in [0, 0.1) is 23.7 Å². The number of nitrogens with two attached hydrogens (primary N) is 1. The van der Waals surface area contributed by atoms with Crippen molar-refractivity contribution in [3.05, 3.63) is 35.9 Å². The van der Waals surface area contributed by atoms with Gasteiger partial charge in [0, 0.05) is 52.4 Å². The number of methoxy groups -OCH3 is 2. The molecule has 1 aromatic rings. The van der Waals surface area contributed by atoms with Crippen molar-refractivity contribution in [3.8, 4) is 0 Å². The van der Waals surface area contributed by atoms with Crippen LogP contribution in [0.5, 0.6) is 0 Å². The van der Waals surface area contributed by atoms with Crippen LogP contribution in [-0.2, 0) is 39.9 Å². The Morgan fingerprint density at radius 1 is 0.931 bits per heavy atom. The van der Waals surface area contributed by atoms with Crippen LogP contribution < -0.4 is 11.1 Å². The van der Waals surface area contributed by atoms with Gasteiger partial charge in [0.1, 0.15) is 0 Å². The summed E-state index contributed by atoms with van der Waals surface area (Å²) in [7, 11) is 7.46. The standard InChI is InChI=1S/C19H28N2O3.C15H31NO2.C9H21N.CH3NO.CH2O2/c1-14(12-16-8-5-4-6-9-16)20-19(23)15(2)18(24-3)17-10-7-11-21(17)13-22;1-8-12(5)15(13(9-2)18-7)16(6)14(17)10-11(3)4;1-7(2)9(5)10(6)8(3)4;2*2-1-3/h4-6,8-9,13-15,17-18H,7,10-12H2,1-3H3,(H,20,23);11-13,15H,8-10H2,1-7H3;7-9H,1-6H3;1H,(H2,2,3);1H,(H,2,3). The van der Waals surface area contributed by atoms with Crippen molar-refractivity contribution in [2.75, 3.05) is 34.9 Å². The van der Waals surface area contributed by atoms with Gasteiger partial charge in [0.15, 0.2) is 0 Å². The first-order valence-corrected chi connectivity index (χ1v) is 21.1. The molecule has 1 aromatic carbocycles. The van der Waals surface area contributed by atoms with Gasteiger partial charge in [-0.3, -0.25) is 24.0 Å². The summed E-state index contributed by atoms with van der Waals surface area (Å²) in [6.07, 6.45) is 6.21. The predicted octanol–water partition coefficient (Wildman–Crippen LogP) is 6.51. The quantitative estimate of drug-likeness (QED) is 0.132. The van der Waals surface area contributed by atoms with Crippen molar-refractivity contribution < 1.29 is 38.6 Å². The second-order valence-corrected chi connectivity index (χ2v) is 16.3. The molecule has 1 aliphatic heterocycles. The highest BCUT2D eigenvalue weighted by atomic mass is 16.5. The lowest BCUT2D eigenvalue weighted by Crippen LogP contribution is -2.49. The fourth-order valence-electron chi connectivity index (χ4n) is 6.92. The Kier molecular flexibility index (Phi) is 34.8. The second-order valence-electron chi connectivity index (χ2n) is 16.3. The molecule has 8 unspecified atom stereocenters. The molecule has 338 valence electrons. The molecule has 0 bridgehead atoms. The Morgan fingerprint density at radius 2 is 1.47 bits per heavy atom. The zero-order chi connectivity index (χ0) is 45.5. The number of nitrogens with one attached hydrogen (secondary N) is 1. The van der Waals surface area contributed by atoms with Gasteiger partial charge in [-0.25, -0.2) is 0 Å². The number of hydrogen-bond donors (Lipinski definition) is 3. The van der Waals surface area contributed by atoms with E-state index in [2.05, 4.69) is 104 Å². The summed E-state index contributed by atoms with van der Waals surface area (Å²) in [4.78, 5) is 59.0.